The minimum Gasteiger partial charge on any atom is -0.416 e. The summed E-state index contributed by atoms with van der Waals surface area (Å²) in [5.41, 5.74) is 0.528. The van der Waals surface area contributed by atoms with Gasteiger partial charge in [0.25, 0.3) is 0 Å². The van der Waals surface area contributed by atoms with Gasteiger partial charge in [-0.15, -0.1) is 0 Å². The highest BCUT2D eigenvalue weighted by molar-refractivity contribution is 9.10. The molecule has 0 fully saturated rings. The number of ether oxygens (including phenoxy) is 1. The van der Waals surface area contributed by atoms with Crippen molar-refractivity contribution < 1.29 is 14.0 Å². The van der Waals surface area contributed by atoms with E-state index in [9.17, 15) is 4.79 Å². The molecule has 8 heteroatoms. The van der Waals surface area contributed by atoms with E-state index in [0.29, 0.717) is 36.7 Å². The van der Waals surface area contributed by atoms with Gasteiger partial charge in [-0.1, -0.05) is 40.4 Å². The lowest BCUT2D eigenvalue weighted by Crippen LogP contribution is -2.41. The molecule has 0 saturated heterocycles. The van der Waals surface area contributed by atoms with Gasteiger partial charge in [0, 0.05) is 27.7 Å². The first-order valence-electron chi connectivity index (χ1n) is 9.20. The first kappa shape index (κ1) is 23.8. The Morgan fingerprint density at radius 2 is 1.77 bits per heavy atom. The van der Waals surface area contributed by atoms with Crippen molar-refractivity contribution in [2.24, 2.45) is 0 Å². The number of nitrogens with zero attached hydrogens (tertiary/aromatic N) is 2. The lowest BCUT2D eigenvalue weighted by Gasteiger charge is -2.36. The summed E-state index contributed by atoms with van der Waals surface area (Å²) in [6.07, 6.45) is 1.49. The highest BCUT2D eigenvalue weighted by atomic mass is 79.9. The number of carbonyl (C=O) groups is 1. The minimum absolute atomic E-state index is 0.177. The van der Waals surface area contributed by atoms with Gasteiger partial charge < -0.3 is 13.7 Å². The molecule has 0 unspecified atom stereocenters. The minimum atomic E-state index is -1.79. The average Bonchev–Trinajstić information content (AvgIpc) is 2.76. The van der Waals surface area contributed by atoms with E-state index in [-0.39, 0.29) is 5.04 Å². The Hall–Kier alpha value is -0.286. The molecule has 0 aliphatic heterocycles. The van der Waals surface area contributed by atoms with Crippen molar-refractivity contribution in [1.29, 1.82) is 0 Å². The molecule has 0 aromatic carbocycles. The molecular formula is C18H35BrN2O3Si2. The van der Waals surface area contributed by atoms with Gasteiger partial charge in [-0.25, -0.2) is 4.98 Å². The molecule has 0 amide bonds. The van der Waals surface area contributed by atoms with Crippen molar-refractivity contribution in [1.82, 2.24) is 9.55 Å². The summed E-state index contributed by atoms with van der Waals surface area (Å²) in [5, 5.41) is 0.177. The van der Waals surface area contributed by atoms with Crippen LogP contribution in [0.1, 0.15) is 37.1 Å². The number of carbonyl (C=O) groups excluding carboxylic acids is 1. The zero-order valence-corrected chi connectivity index (χ0v) is 21.2. The van der Waals surface area contributed by atoms with Gasteiger partial charge in [-0.2, -0.15) is 0 Å². The number of hydrogen-bond donors (Lipinski definition) is 0. The van der Waals surface area contributed by atoms with Gasteiger partial charge in [0.1, 0.15) is 22.9 Å². The Morgan fingerprint density at radius 1 is 1.15 bits per heavy atom. The van der Waals surface area contributed by atoms with Crippen LogP contribution in [0.25, 0.3) is 0 Å². The predicted octanol–water partition coefficient (Wildman–Crippen LogP) is 5.33. The average molecular weight is 464 g/mol. The van der Waals surface area contributed by atoms with Crippen molar-refractivity contribution in [2.75, 3.05) is 13.2 Å². The standard InChI is InChI=1S/C18H35BrN2O3Si2/c1-18(2,3)26(7,8)24-10-9-16-20-17(19)15(13-22)21(16)14-23-11-12-25(4,5)6/h13H,9-12,14H2,1-8H3. The third kappa shape index (κ3) is 7.03. The molecule has 0 radical (unpaired) electrons. The Balaban J connectivity index is 2.75. The van der Waals surface area contributed by atoms with Crippen molar-refractivity contribution in [3.8, 4) is 0 Å². The van der Waals surface area contributed by atoms with Crippen LogP contribution in [-0.2, 0) is 22.3 Å². The van der Waals surface area contributed by atoms with Crippen LogP contribution in [0.5, 0.6) is 0 Å². The molecule has 1 aromatic heterocycles. The maximum Gasteiger partial charge on any atom is 0.191 e. The second-order valence-electron chi connectivity index (χ2n) is 9.46. The van der Waals surface area contributed by atoms with Crippen LogP contribution in [-0.4, -0.2) is 45.4 Å². The van der Waals surface area contributed by atoms with E-state index in [1.165, 1.54) is 0 Å². The molecular weight excluding hydrogens is 428 g/mol. The maximum absolute atomic E-state index is 11.5. The second-order valence-corrected chi connectivity index (χ2v) is 20.6. The van der Waals surface area contributed by atoms with E-state index in [2.05, 4.69) is 74.4 Å². The normalized spacial score (nSPS) is 13.3. The topological polar surface area (TPSA) is 53.3 Å². The monoisotopic (exact) mass is 462 g/mol. The van der Waals surface area contributed by atoms with Gasteiger partial charge in [0.05, 0.1) is 0 Å². The summed E-state index contributed by atoms with van der Waals surface area (Å²) in [5.74, 6) is 0.825. The summed E-state index contributed by atoms with van der Waals surface area (Å²) in [4.78, 5) is 16.0. The molecule has 26 heavy (non-hydrogen) atoms. The molecule has 1 heterocycles. The third-order valence-corrected chi connectivity index (χ3v) is 11.8. The number of imidazole rings is 1. The quantitative estimate of drug-likeness (QED) is 0.267. The summed E-state index contributed by atoms with van der Waals surface area (Å²) in [6.45, 7) is 19.8. The van der Waals surface area contributed by atoms with Crippen LogP contribution in [0.3, 0.4) is 0 Å². The van der Waals surface area contributed by atoms with E-state index in [4.69, 9.17) is 9.16 Å². The van der Waals surface area contributed by atoms with Gasteiger partial charge in [0.2, 0.25) is 0 Å². The fourth-order valence-electron chi connectivity index (χ4n) is 2.08. The zero-order chi connectivity index (χ0) is 20.2. The second kappa shape index (κ2) is 9.27. The zero-order valence-electron chi connectivity index (χ0n) is 17.6. The number of hydrogen-bond acceptors (Lipinski definition) is 4. The summed E-state index contributed by atoms with van der Waals surface area (Å²) in [6, 6.07) is 1.10. The van der Waals surface area contributed by atoms with Gasteiger partial charge >= 0.3 is 0 Å². The molecule has 1 aromatic rings. The van der Waals surface area contributed by atoms with Crippen LogP contribution < -0.4 is 0 Å². The van der Waals surface area contributed by atoms with E-state index >= 15 is 0 Å². The summed E-state index contributed by atoms with van der Waals surface area (Å²) >= 11 is 3.39. The smallest absolute Gasteiger partial charge is 0.191 e. The molecule has 0 bridgehead atoms. The SMILES string of the molecule is CC(C)(C)[Si](C)(C)OCCc1nc(Br)c(C=O)n1COCC[Si](C)(C)C. The van der Waals surface area contributed by atoms with Crippen molar-refractivity contribution in [3.63, 3.8) is 0 Å². The van der Waals surface area contributed by atoms with Crippen molar-refractivity contribution in [2.45, 2.75) is 77.7 Å². The Kier molecular flexibility index (Phi) is 8.47. The molecule has 0 spiro atoms. The van der Waals surface area contributed by atoms with Crippen LogP contribution in [0, 0.1) is 0 Å². The first-order valence-corrected chi connectivity index (χ1v) is 16.6. The van der Waals surface area contributed by atoms with Crippen LogP contribution in [0.15, 0.2) is 4.60 Å². The summed E-state index contributed by atoms with van der Waals surface area (Å²) in [7, 11) is -2.92. The molecule has 0 aliphatic carbocycles. The molecule has 1 rings (SSSR count). The predicted molar refractivity (Wildman–Crippen MR) is 116 cm³/mol. The highest BCUT2D eigenvalue weighted by Gasteiger charge is 2.37. The fourth-order valence-corrected chi connectivity index (χ4v) is 4.39. The molecule has 0 aliphatic rings. The number of halogens is 1. The van der Waals surface area contributed by atoms with E-state index in [1.807, 2.05) is 4.57 Å². The molecule has 150 valence electrons. The fraction of sp³-hybridized carbons (Fsp3) is 0.778. The lowest BCUT2D eigenvalue weighted by atomic mass is 10.2. The molecule has 0 saturated carbocycles. The highest BCUT2D eigenvalue weighted by Crippen LogP contribution is 2.36. The Bertz CT molecular complexity index is 605. The molecule has 0 atom stereocenters. The van der Waals surface area contributed by atoms with Crippen molar-refractivity contribution >= 4 is 38.6 Å². The van der Waals surface area contributed by atoms with E-state index < -0.39 is 16.4 Å². The maximum atomic E-state index is 11.5. The number of aldehydes is 1. The largest absolute Gasteiger partial charge is 0.416 e. The molecule has 0 N–H and O–H groups in total. The molecule has 5 nitrogen and oxygen atoms in total. The third-order valence-electron chi connectivity index (χ3n) is 4.96. The number of aromatic nitrogens is 2. The van der Waals surface area contributed by atoms with Gasteiger partial charge in [0.15, 0.2) is 14.6 Å². The lowest BCUT2D eigenvalue weighted by molar-refractivity contribution is 0.0811. The summed E-state index contributed by atoms with van der Waals surface area (Å²) < 4.78 is 14.5. The van der Waals surface area contributed by atoms with Crippen molar-refractivity contribution in [3.05, 3.63) is 16.1 Å². The van der Waals surface area contributed by atoms with Crippen LogP contribution >= 0.6 is 15.9 Å². The van der Waals surface area contributed by atoms with E-state index in [1.54, 1.807) is 0 Å². The first-order chi connectivity index (χ1) is 11.8. The van der Waals surface area contributed by atoms with Crippen LogP contribution in [0.4, 0.5) is 0 Å². The Labute approximate surface area is 169 Å². The van der Waals surface area contributed by atoms with Crippen LogP contribution in [0.2, 0.25) is 43.8 Å². The number of rotatable bonds is 10. The van der Waals surface area contributed by atoms with Gasteiger partial charge in [-0.3, -0.25) is 4.79 Å². The van der Waals surface area contributed by atoms with Gasteiger partial charge in [-0.05, 0) is 40.1 Å². The van der Waals surface area contributed by atoms with E-state index in [0.717, 1.165) is 18.2 Å². The Morgan fingerprint density at radius 3 is 2.27 bits per heavy atom.